The topological polar surface area (TPSA) is 3.24 Å². The molecule has 1 aliphatic rings. The van der Waals surface area contributed by atoms with Gasteiger partial charge >= 0.3 is 0 Å². The molecule has 1 saturated heterocycles. The van der Waals surface area contributed by atoms with Crippen molar-refractivity contribution < 1.29 is 0 Å². The number of benzene rings is 1. The molecule has 2 rings (SSSR count). The molecule has 1 aliphatic heterocycles. The Morgan fingerprint density at radius 2 is 2.13 bits per heavy atom. The van der Waals surface area contributed by atoms with Crippen LogP contribution in [0.2, 0.25) is 5.02 Å². The SMILES string of the molecule is C[C@@H]1CCCCN1Cc1ccccc1Cl. The molecule has 0 saturated carbocycles. The molecule has 0 aliphatic carbocycles. The van der Waals surface area contributed by atoms with Gasteiger partial charge in [0.1, 0.15) is 0 Å². The smallest absolute Gasteiger partial charge is 0.0451 e. The van der Waals surface area contributed by atoms with E-state index in [0.717, 1.165) is 11.6 Å². The maximum Gasteiger partial charge on any atom is 0.0451 e. The van der Waals surface area contributed by atoms with Gasteiger partial charge in [-0.2, -0.15) is 0 Å². The molecule has 1 nitrogen and oxygen atoms in total. The van der Waals surface area contributed by atoms with Gasteiger partial charge in [0.2, 0.25) is 0 Å². The molecule has 0 N–H and O–H groups in total. The van der Waals surface area contributed by atoms with Gasteiger partial charge in [-0.3, -0.25) is 4.90 Å². The zero-order valence-corrected chi connectivity index (χ0v) is 10.0. The van der Waals surface area contributed by atoms with Gasteiger partial charge in [-0.25, -0.2) is 0 Å². The normalized spacial score (nSPS) is 22.9. The molecular formula is C13H18ClN. The van der Waals surface area contributed by atoms with Gasteiger partial charge in [0.05, 0.1) is 0 Å². The quantitative estimate of drug-likeness (QED) is 0.739. The Morgan fingerprint density at radius 3 is 2.87 bits per heavy atom. The van der Waals surface area contributed by atoms with Crippen LogP contribution in [0.5, 0.6) is 0 Å². The van der Waals surface area contributed by atoms with E-state index >= 15 is 0 Å². The van der Waals surface area contributed by atoms with Crippen molar-refractivity contribution in [2.24, 2.45) is 0 Å². The zero-order valence-electron chi connectivity index (χ0n) is 9.25. The number of hydrogen-bond acceptors (Lipinski definition) is 1. The second kappa shape index (κ2) is 5.00. The minimum atomic E-state index is 0.704. The van der Waals surface area contributed by atoms with E-state index < -0.39 is 0 Å². The van der Waals surface area contributed by atoms with Crippen LogP contribution >= 0.6 is 11.6 Å². The van der Waals surface area contributed by atoms with Gasteiger partial charge in [0.25, 0.3) is 0 Å². The van der Waals surface area contributed by atoms with E-state index in [9.17, 15) is 0 Å². The van der Waals surface area contributed by atoms with Gasteiger partial charge in [-0.15, -0.1) is 0 Å². The zero-order chi connectivity index (χ0) is 10.7. The summed E-state index contributed by atoms with van der Waals surface area (Å²) < 4.78 is 0. The first kappa shape index (κ1) is 11.0. The minimum Gasteiger partial charge on any atom is -0.296 e. The summed E-state index contributed by atoms with van der Waals surface area (Å²) in [4.78, 5) is 2.53. The first-order chi connectivity index (χ1) is 7.27. The Hall–Kier alpha value is -0.530. The highest BCUT2D eigenvalue weighted by Gasteiger charge is 2.18. The predicted octanol–water partition coefficient (Wildman–Crippen LogP) is 3.71. The molecule has 0 amide bonds. The maximum atomic E-state index is 6.16. The van der Waals surface area contributed by atoms with E-state index in [1.807, 2.05) is 12.1 Å². The van der Waals surface area contributed by atoms with Crippen molar-refractivity contribution in [1.29, 1.82) is 0 Å². The maximum absolute atomic E-state index is 6.16. The summed E-state index contributed by atoms with van der Waals surface area (Å²) in [5.74, 6) is 0. The second-order valence-corrected chi connectivity index (χ2v) is 4.81. The third-order valence-corrected chi connectivity index (χ3v) is 3.64. The van der Waals surface area contributed by atoms with Crippen LogP contribution in [0.15, 0.2) is 24.3 Å². The number of hydrogen-bond donors (Lipinski definition) is 0. The number of likely N-dealkylation sites (tertiary alicyclic amines) is 1. The molecule has 82 valence electrons. The summed E-state index contributed by atoms with van der Waals surface area (Å²) in [7, 11) is 0. The number of rotatable bonds is 2. The van der Waals surface area contributed by atoms with Crippen LogP contribution in [0.4, 0.5) is 0 Å². The standard InChI is InChI=1S/C13H18ClN/c1-11-6-4-5-9-15(11)10-12-7-2-3-8-13(12)14/h2-3,7-8,11H,4-6,9-10H2,1H3/t11-/m1/s1. The summed E-state index contributed by atoms with van der Waals surface area (Å²) in [5, 5.41) is 0.898. The van der Waals surface area contributed by atoms with Crippen LogP contribution in [0, 0.1) is 0 Å². The van der Waals surface area contributed by atoms with Crippen LogP contribution in [0.1, 0.15) is 31.7 Å². The monoisotopic (exact) mass is 223 g/mol. The molecule has 1 heterocycles. The highest BCUT2D eigenvalue weighted by atomic mass is 35.5. The third kappa shape index (κ3) is 2.73. The molecule has 2 heteroatoms. The molecule has 0 aromatic heterocycles. The minimum absolute atomic E-state index is 0.704. The molecule has 1 aromatic rings. The summed E-state index contributed by atoms with van der Waals surface area (Å²) >= 11 is 6.16. The Bertz CT molecular complexity index is 324. The molecule has 1 atom stereocenters. The average molecular weight is 224 g/mol. The summed E-state index contributed by atoms with van der Waals surface area (Å²) in [6.07, 6.45) is 4.03. The van der Waals surface area contributed by atoms with Gasteiger partial charge < -0.3 is 0 Å². The van der Waals surface area contributed by atoms with Crippen LogP contribution in [0.3, 0.4) is 0 Å². The average Bonchev–Trinajstić information content (AvgIpc) is 2.24. The van der Waals surface area contributed by atoms with Crippen molar-refractivity contribution in [3.8, 4) is 0 Å². The number of halogens is 1. The van der Waals surface area contributed by atoms with E-state index in [4.69, 9.17) is 11.6 Å². The Kier molecular flexibility index (Phi) is 3.66. The summed E-state index contributed by atoms with van der Waals surface area (Å²) in [5.41, 5.74) is 1.26. The van der Waals surface area contributed by atoms with Crippen molar-refractivity contribution >= 4 is 11.6 Å². The van der Waals surface area contributed by atoms with E-state index in [0.29, 0.717) is 6.04 Å². The molecule has 1 fully saturated rings. The van der Waals surface area contributed by atoms with E-state index in [1.54, 1.807) is 0 Å². The molecule has 1 aromatic carbocycles. The Morgan fingerprint density at radius 1 is 1.33 bits per heavy atom. The molecule has 0 unspecified atom stereocenters. The fraction of sp³-hybridized carbons (Fsp3) is 0.538. The Labute approximate surface area is 97.0 Å². The first-order valence-electron chi connectivity index (χ1n) is 5.75. The van der Waals surface area contributed by atoms with Gasteiger partial charge in [-0.1, -0.05) is 36.2 Å². The lowest BCUT2D eigenvalue weighted by atomic mass is 10.0. The van der Waals surface area contributed by atoms with Crippen LogP contribution in [0.25, 0.3) is 0 Å². The van der Waals surface area contributed by atoms with Gasteiger partial charge in [-0.05, 0) is 37.9 Å². The van der Waals surface area contributed by atoms with Gasteiger partial charge in [0.15, 0.2) is 0 Å². The molecular weight excluding hydrogens is 206 g/mol. The van der Waals surface area contributed by atoms with Crippen LogP contribution in [-0.4, -0.2) is 17.5 Å². The lowest BCUT2D eigenvalue weighted by molar-refractivity contribution is 0.152. The fourth-order valence-electron chi connectivity index (χ4n) is 2.24. The first-order valence-corrected chi connectivity index (χ1v) is 6.12. The highest BCUT2D eigenvalue weighted by molar-refractivity contribution is 6.31. The lowest BCUT2D eigenvalue weighted by Crippen LogP contribution is -2.36. The molecule has 0 radical (unpaired) electrons. The van der Waals surface area contributed by atoms with Gasteiger partial charge in [0, 0.05) is 17.6 Å². The van der Waals surface area contributed by atoms with Crippen molar-refractivity contribution in [3.05, 3.63) is 34.9 Å². The van der Waals surface area contributed by atoms with Crippen molar-refractivity contribution in [1.82, 2.24) is 4.90 Å². The van der Waals surface area contributed by atoms with Crippen LogP contribution < -0.4 is 0 Å². The molecule has 0 bridgehead atoms. The van der Waals surface area contributed by atoms with Crippen LogP contribution in [-0.2, 0) is 6.54 Å². The number of piperidine rings is 1. The van der Waals surface area contributed by atoms with E-state index in [-0.39, 0.29) is 0 Å². The molecule has 15 heavy (non-hydrogen) atoms. The third-order valence-electron chi connectivity index (χ3n) is 3.27. The summed E-state index contributed by atoms with van der Waals surface area (Å²) in [6, 6.07) is 8.87. The molecule has 0 spiro atoms. The lowest BCUT2D eigenvalue weighted by Gasteiger charge is -2.33. The second-order valence-electron chi connectivity index (χ2n) is 4.41. The van der Waals surface area contributed by atoms with E-state index in [2.05, 4.69) is 24.0 Å². The predicted molar refractivity (Wildman–Crippen MR) is 65.2 cm³/mol. The fourth-order valence-corrected chi connectivity index (χ4v) is 2.43. The number of nitrogens with zero attached hydrogens (tertiary/aromatic N) is 1. The largest absolute Gasteiger partial charge is 0.296 e. The Balaban J connectivity index is 2.04. The van der Waals surface area contributed by atoms with Crippen molar-refractivity contribution in [2.45, 2.75) is 38.8 Å². The summed E-state index contributed by atoms with van der Waals surface area (Å²) in [6.45, 7) is 4.53. The highest BCUT2D eigenvalue weighted by Crippen LogP contribution is 2.22. The van der Waals surface area contributed by atoms with Crippen molar-refractivity contribution in [3.63, 3.8) is 0 Å². The van der Waals surface area contributed by atoms with Crippen molar-refractivity contribution in [2.75, 3.05) is 6.54 Å². The van der Waals surface area contributed by atoms with E-state index in [1.165, 1.54) is 31.4 Å².